The van der Waals surface area contributed by atoms with E-state index in [0.29, 0.717) is 28.0 Å². The summed E-state index contributed by atoms with van der Waals surface area (Å²) in [5.74, 6) is 0.595. The van der Waals surface area contributed by atoms with E-state index in [1.54, 1.807) is 31.3 Å². The van der Waals surface area contributed by atoms with Gasteiger partial charge in [0.05, 0.1) is 16.6 Å². The second-order valence-electron chi connectivity index (χ2n) is 3.83. The number of aromatic nitrogens is 2. The molecule has 1 N–H and O–H groups in total. The molecule has 0 unspecified atom stereocenters. The smallest absolute Gasteiger partial charge is 0.202 e. The molecular formula is C13H10N2O2. The highest BCUT2D eigenvalue weighted by molar-refractivity contribution is 5.81. The summed E-state index contributed by atoms with van der Waals surface area (Å²) in [6.07, 6.45) is 1.61. The maximum Gasteiger partial charge on any atom is 0.202 e. The van der Waals surface area contributed by atoms with E-state index in [1.165, 1.54) is 0 Å². The van der Waals surface area contributed by atoms with Crippen molar-refractivity contribution in [2.75, 3.05) is 0 Å². The summed E-state index contributed by atoms with van der Waals surface area (Å²) < 4.78 is 5.65. The molecule has 17 heavy (non-hydrogen) atoms. The van der Waals surface area contributed by atoms with E-state index in [2.05, 4.69) is 10.2 Å². The van der Waals surface area contributed by atoms with Crippen LogP contribution >= 0.6 is 0 Å². The Hall–Kier alpha value is -2.36. The number of para-hydroxylation sites is 1. The van der Waals surface area contributed by atoms with Crippen LogP contribution in [-0.4, -0.2) is 10.2 Å². The van der Waals surface area contributed by atoms with E-state index in [9.17, 15) is 4.79 Å². The summed E-state index contributed by atoms with van der Waals surface area (Å²) in [5.41, 5.74) is 1.80. The molecule has 0 saturated heterocycles. The molecule has 4 heteroatoms. The van der Waals surface area contributed by atoms with Gasteiger partial charge in [0, 0.05) is 6.20 Å². The summed E-state index contributed by atoms with van der Waals surface area (Å²) in [6, 6.07) is 8.99. The molecule has 0 amide bonds. The fourth-order valence-electron chi connectivity index (χ4n) is 1.96. The number of benzene rings is 1. The second kappa shape index (κ2) is 3.59. The van der Waals surface area contributed by atoms with E-state index in [0.717, 1.165) is 0 Å². The van der Waals surface area contributed by atoms with Crippen LogP contribution in [0.15, 0.2) is 45.7 Å². The monoisotopic (exact) mass is 226 g/mol. The molecule has 0 fully saturated rings. The Morgan fingerprint density at radius 3 is 2.82 bits per heavy atom. The molecule has 0 aliphatic heterocycles. The normalized spacial score (nSPS) is 10.9. The predicted octanol–water partition coefficient (Wildman–Crippen LogP) is 2.49. The Bertz CT molecular complexity index is 727. The predicted molar refractivity (Wildman–Crippen MR) is 64.8 cm³/mol. The van der Waals surface area contributed by atoms with Gasteiger partial charge in [0.25, 0.3) is 0 Å². The molecule has 84 valence electrons. The number of hydrogen-bond donors (Lipinski definition) is 1. The number of aromatic amines is 1. The van der Waals surface area contributed by atoms with Crippen LogP contribution in [0.1, 0.15) is 5.76 Å². The lowest BCUT2D eigenvalue weighted by atomic mass is 10.1. The Labute approximate surface area is 96.9 Å². The molecule has 0 atom stereocenters. The zero-order valence-corrected chi connectivity index (χ0v) is 9.23. The molecular weight excluding hydrogens is 216 g/mol. The number of fused-ring (bicyclic) bond motifs is 1. The summed E-state index contributed by atoms with van der Waals surface area (Å²) >= 11 is 0. The fraction of sp³-hybridized carbons (Fsp3) is 0.0769. The average molecular weight is 226 g/mol. The van der Waals surface area contributed by atoms with Crippen molar-refractivity contribution < 1.29 is 4.42 Å². The zero-order valence-electron chi connectivity index (χ0n) is 9.23. The third kappa shape index (κ3) is 1.45. The van der Waals surface area contributed by atoms with Crippen molar-refractivity contribution >= 4 is 11.0 Å². The molecule has 2 aromatic heterocycles. The number of nitrogens with zero attached hydrogens (tertiary/aromatic N) is 1. The van der Waals surface area contributed by atoms with Crippen molar-refractivity contribution in [3.05, 3.63) is 52.5 Å². The number of H-pyrrole nitrogens is 1. The molecule has 0 spiro atoms. The molecule has 1 aromatic carbocycles. The highest BCUT2D eigenvalue weighted by Gasteiger charge is 2.13. The number of aryl methyl sites for hydroxylation is 1. The van der Waals surface area contributed by atoms with Gasteiger partial charge in [-0.2, -0.15) is 5.10 Å². The molecule has 0 bridgehead atoms. The van der Waals surface area contributed by atoms with E-state index in [1.807, 2.05) is 12.1 Å². The zero-order chi connectivity index (χ0) is 11.8. The minimum atomic E-state index is -0.0337. The van der Waals surface area contributed by atoms with Gasteiger partial charge >= 0.3 is 0 Å². The summed E-state index contributed by atoms with van der Waals surface area (Å²) in [6.45, 7) is 1.78. The molecule has 0 radical (unpaired) electrons. The SMILES string of the molecule is Cc1oc2ccccc2c(=O)c1-c1ccn[nH]1. The first kappa shape index (κ1) is 9.84. The molecule has 4 nitrogen and oxygen atoms in total. The van der Waals surface area contributed by atoms with Crippen LogP contribution in [0.2, 0.25) is 0 Å². The number of rotatable bonds is 1. The van der Waals surface area contributed by atoms with Gasteiger partial charge in [0.15, 0.2) is 0 Å². The van der Waals surface area contributed by atoms with Crippen LogP contribution in [0.4, 0.5) is 0 Å². The van der Waals surface area contributed by atoms with Gasteiger partial charge < -0.3 is 4.42 Å². The molecule has 3 aromatic rings. The summed E-state index contributed by atoms with van der Waals surface area (Å²) in [4.78, 5) is 12.3. The average Bonchev–Trinajstić information content (AvgIpc) is 2.83. The first-order valence-electron chi connectivity index (χ1n) is 5.29. The van der Waals surface area contributed by atoms with Gasteiger partial charge in [-0.25, -0.2) is 0 Å². The lowest BCUT2D eigenvalue weighted by molar-refractivity contribution is 0.567. The molecule has 0 aliphatic rings. The van der Waals surface area contributed by atoms with Crippen LogP contribution in [0.25, 0.3) is 22.2 Å². The molecule has 0 aliphatic carbocycles. The van der Waals surface area contributed by atoms with Gasteiger partial charge in [-0.3, -0.25) is 9.89 Å². The Morgan fingerprint density at radius 1 is 1.24 bits per heavy atom. The van der Waals surface area contributed by atoms with Crippen LogP contribution < -0.4 is 5.43 Å². The van der Waals surface area contributed by atoms with Gasteiger partial charge in [-0.15, -0.1) is 0 Å². The van der Waals surface area contributed by atoms with E-state index in [-0.39, 0.29) is 5.43 Å². The number of hydrogen-bond acceptors (Lipinski definition) is 3. The van der Waals surface area contributed by atoms with Crippen molar-refractivity contribution in [3.63, 3.8) is 0 Å². The van der Waals surface area contributed by atoms with Crippen molar-refractivity contribution in [1.29, 1.82) is 0 Å². The van der Waals surface area contributed by atoms with Crippen LogP contribution in [0.3, 0.4) is 0 Å². The molecule has 2 heterocycles. The van der Waals surface area contributed by atoms with E-state index >= 15 is 0 Å². The van der Waals surface area contributed by atoms with Gasteiger partial charge in [0.2, 0.25) is 5.43 Å². The lowest BCUT2D eigenvalue weighted by Gasteiger charge is -2.04. The minimum absolute atomic E-state index is 0.0337. The maximum atomic E-state index is 12.3. The Balaban J connectivity index is 2.44. The van der Waals surface area contributed by atoms with E-state index in [4.69, 9.17) is 4.42 Å². The molecule has 3 rings (SSSR count). The van der Waals surface area contributed by atoms with Gasteiger partial charge in [-0.05, 0) is 25.1 Å². The number of nitrogens with one attached hydrogen (secondary N) is 1. The third-order valence-electron chi connectivity index (χ3n) is 2.74. The van der Waals surface area contributed by atoms with Gasteiger partial charge in [0.1, 0.15) is 11.3 Å². The Kier molecular flexibility index (Phi) is 2.08. The summed E-state index contributed by atoms with van der Waals surface area (Å²) in [7, 11) is 0. The first-order chi connectivity index (χ1) is 8.27. The molecule has 0 saturated carbocycles. The van der Waals surface area contributed by atoms with Crippen LogP contribution in [0.5, 0.6) is 0 Å². The minimum Gasteiger partial charge on any atom is -0.460 e. The van der Waals surface area contributed by atoms with Crippen LogP contribution in [-0.2, 0) is 0 Å². The second-order valence-corrected chi connectivity index (χ2v) is 3.83. The summed E-state index contributed by atoms with van der Waals surface area (Å²) in [5, 5.41) is 7.23. The largest absolute Gasteiger partial charge is 0.460 e. The maximum absolute atomic E-state index is 12.3. The van der Waals surface area contributed by atoms with E-state index < -0.39 is 0 Å². The van der Waals surface area contributed by atoms with Gasteiger partial charge in [-0.1, -0.05) is 12.1 Å². The highest BCUT2D eigenvalue weighted by atomic mass is 16.3. The third-order valence-corrected chi connectivity index (χ3v) is 2.74. The fourth-order valence-corrected chi connectivity index (χ4v) is 1.96. The van der Waals surface area contributed by atoms with Crippen molar-refractivity contribution in [3.8, 4) is 11.3 Å². The van der Waals surface area contributed by atoms with Crippen molar-refractivity contribution in [2.45, 2.75) is 6.92 Å². The lowest BCUT2D eigenvalue weighted by Crippen LogP contribution is -2.07. The standard InChI is InChI=1S/C13H10N2O2/c1-8-12(10-6-7-14-15-10)13(16)9-4-2-3-5-11(9)17-8/h2-7H,1H3,(H,14,15). The first-order valence-corrected chi connectivity index (χ1v) is 5.29. The van der Waals surface area contributed by atoms with Crippen molar-refractivity contribution in [2.24, 2.45) is 0 Å². The van der Waals surface area contributed by atoms with Crippen LogP contribution in [0, 0.1) is 6.92 Å². The highest BCUT2D eigenvalue weighted by Crippen LogP contribution is 2.21. The Morgan fingerprint density at radius 2 is 2.06 bits per heavy atom. The topological polar surface area (TPSA) is 58.9 Å². The quantitative estimate of drug-likeness (QED) is 0.693. The van der Waals surface area contributed by atoms with Crippen molar-refractivity contribution in [1.82, 2.24) is 10.2 Å².